The fraction of sp³-hybridized carbons (Fsp3) is 0.0769. The number of nitrogen functional groups attached to an aromatic ring is 1. The van der Waals surface area contributed by atoms with E-state index in [0.717, 1.165) is 0 Å². The first-order chi connectivity index (χ1) is 9.94. The molecule has 21 heavy (non-hydrogen) atoms. The maximum Gasteiger partial charge on any atom is 0.337 e. The molecule has 0 saturated heterocycles. The largest absolute Gasteiger partial charge is 0.465 e. The van der Waals surface area contributed by atoms with Crippen molar-refractivity contribution in [3.05, 3.63) is 48.2 Å². The molecule has 1 heterocycles. The lowest BCUT2D eigenvalue weighted by Gasteiger charge is -2.09. The van der Waals surface area contributed by atoms with Gasteiger partial charge in [0.2, 0.25) is 0 Å². The smallest absolute Gasteiger partial charge is 0.337 e. The van der Waals surface area contributed by atoms with E-state index in [4.69, 9.17) is 5.73 Å². The quantitative estimate of drug-likeness (QED) is 0.822. The Kier molecular flexibility index (Phi) is 4.08. The average molecular weight is 307 g/mol. The number of aromatic nitrogens is 1. The maximum atomic E-state index is 12.2. The standard InChI is InChI=1S/C13H13N3O4S/c1-20-13(17)9-4-6-10(7-5-9)16-21(18,19)11-3-2-8-15-12(11)14/h2-8,16H,1H3,(H2,14,15). The molecular formula is C13H13N3O4S. The van der Waals surface area contributed by atoms with E-state index in [2.05, 4.69) is 14.4 Å². The van der Waals surface area contributed by atoms with Gasteiger partial charge in [-0.15, -0.1) is 0 Å². The third-order valence-electron chi connectivity index (χ3n) is 2.65. The number of anilines is 2. The molecule has 0 bridgehead atoms. The normalized spacial score (nSPS) is 10.9. The highest BCUT2D eigenvalue weighted by Crippen LogP contribution is 2.19. The number of ether oxygens (including phenoxy) is 1. The summed E-state index contributed by atoms with van der Waals surface area (Å²) in [5.41, 5.74) is 6.17. The van der Waals surface area contributed by atoms with Crippen molar-refractivity contribution >= 4 is 27.5 Å². The van der Waals surface area contributed by atoms with E-state index in [1.165, 1.54) is 49.7 Å². The van der Waals surface area contributed by atoms with Crippen LogP contribution in [0.3, 0.4) is 0 Å². The van der Waals surface area contributed by atoms with Crippen molar-refractivity contribution < 1.29 is 17.9 Å². The number of carbonyl (C=O) groups excluding carboxylic acids is 1. The van der Waals surface area contributed by atoms with Crippen molar-refractivity contribution in [3.63, 3.8) is 0 Å². The number of esters is 1. The summed E-state index contributed by atoms with van der Waals surface area (Å²) in [6, 6.07) is 8.65. The predicted molar refractivity (Wildman–Crippen MR) is 77.2 cm³/mol. The lowest BCUT2D eigenvalue weighted by molar-refractivity contribution is 0.0601. The van der Waals surface area contributed by atoms with Gasteiger partial charge >= 0.3 is 5.97 Å². The van der Waals surface area contributed by atoms with E-state index in [9.17, 15) is 13.2 Å². The van der Waals surface area contributed by atoms with Crippen LogP contribution in [0.1, 0.15) is 10.4 Å². The molecule has 0 saturated carbocycles. The Morgan fingerprint density at radius 2 is 1.90 bits per heavy atom. The molecule has 0 atom stereocenters. The summed E-state index contributed by atoms with van der Waals surface area (Å²) >= 11 is 0. The first-order valence-corrected chi connectivity index (χ1v) is 7.34. The number of rotatable bonds is 4. The highest BCUT2D eigenvalue weighted by molar-refractivity contribution is 7.92. The van der Waals surface area contributed by atoms with Crippen molar-refractivity contribution in [1.82, 2.24) is 4.98 Å². The number of nitrogens with two attached hydrogens (primary N) is 1. The molecule has 2 rings (SSSR count). The second-order valence-electron chi connectivity index (χ2n) is 4.06. The zero-order valence-electron chi connectivity index (χ0n) is 11.1. The van der Waals surface area contributed by atoms with Gasteiger partial charge in [-0.05, 0) is 36.4 Å². The Bertz CT molecular complexity index is 757. The molecule has 0 amide bonds. The summed E-state index contributed by atoms with van der Waals surface area (Å²) in [7, 11) is -2.57. The molecule has 8 heteroatoms. The minimum Gasteiger partial charge on any atom is -0.465 e. The number of hydrogen-bond donors (Lipinski definition) is 2. The minimum atomic E-state index is -3.84. The highest BCUT2D eigenvalue weighted by Gasteiger charge is 2.18. The summed E-state index contributed by atoms with van der Waals surface area (Å²) in [4.78, 5) is 14.9. The number of nitrogens with zero attached hydrogens (tertiary/aromatic N) is 1. The average Bonchev–Trinajstić information content (AvgIpc) is 2.47. The minimum absolute atomic E-state index is 0.0869. The molecule has 3 N–H and O–H groups in total. The topological polar surface area (TPSA) is 111 Å². The van der Waals surface area contributed by atoms with Crippen LogP contribution in [-0.2, 0) is 14.8 Å². The third-order valence-corrected chi connectivity index (χ3v) is 4.08. The number of benzene rings is 1. The Labute approximate surface area is 121 Å². The van der Waals surface area contributed by atoms with Crippen molar-refractivity contribution in [2.24, 2.45) is 0 Å². The summed E-state index contributed by atoms with van der Waals surface area (Å²) in [6.07, 6.45) is 1.40. The van der Waals surface area contributed by atoms with Gasteiger partial charge in [0.1, 0.15) is 10.7 Å². The van der Waals surface area contributed by atoms with Gasteiger partial charge in [0, 0.05) is 11.9 Å². The van der Waals surface area contributed by atoms with E-state index < -0.39 is 16.0 Å². The molecule has 0 aliphatic carbocycles. The molecule has 0 fully saturated rings. The number of methoxy groups -OCH3 is 1. The third kappa shape index (κ3) is 3.29. The first kappa shape index (κ1) is 14.8. The van der Waals surface area contributed by atoms with Crippen LogP contribution >= 0.6 is 0 Å². The molecule has 1 aromatic carbocycles. The maximum absolute atomic E-state index is 12.2. The van der Waals surface area contributed by atoms with E-state index in [1.54, 1.807) is 0 Å². The predicted octanol–water partition coefficient (Wildman–Crippen LogP) is 1.25. The number of nitrogens with one attached hydrogen (secondary N) is 1. The van der Waals surface area contributed by atoms with Crippen LogP contribution in [0.4, 0.5) is 11.5 Å². The van der Waals surface area contributed by atoms with Gasteiger partial charge < -0.3 is 10.5 Å². The van der Waals surface area contributed by atoms with E-state index in [0.29, 0.717) is 11.3 Å². The van der Waals surface area contributed by atoms with Crippen LogP contribution in [0.2, 0.25) is 0 Å². The van der Waals surface area contributed by atoms with Crippen molar-refractivity contribution in [2.45, 2.75) is 4.90 Å². The van der Waals surface area contributed by atoms with E-state index >= 15 is 0 Å². The van der Waals surface area contributed by atoms with Gasteiger partial charge in [-0.25, -0.2) is 18.2 Å². The second-order valence-corrected chi connectivity index (χ2v) is 5.71. The monoisotopic (exact) mass is 307 g/mol. The number of sulfonamides is 1. The van der Waals surface area contributed by atoms with Crippen LogP contribution in [0.15, 0.2) is 47.5 Å². The SMILES string of the molecule is COC(=O)c1ccc(NS(=O)(=O)c2cccnc2N)cc1. The number of carbonyl (C=O) groups is 1. The molecule has 0 radical (unpaired) electrons. The molecule has 0 unspecified atom stereocenters. The fourth-order valence-electron chi connectivity index (χ4n) is 1.63. The lowest BCUT2D eigenvalue weighted by atomic mass is 10.2. The van der Waals surface area contributed by atoms with Gasteiger partial charge in [-0.3, -0.25) is 4.72 Å². The van der Waals surface area contributed by atoms with Gasteiger partial charge in [0.25, 0.3) is 10.0 Å². The van der Waals surface area contributed by atoms with Gasteiger partial charge in [-0.1, -0.05) is 0 Å². The van der Waals surface area contributed by atoms with Crippen LogP contribution in [0.25, 0.3) is 0 Å². The molecule has 2 aromatic rings. The summed E-state index contributed by atoms with van der Waals surface area (Å²) in [6.45, 7) is 0. The second kappa shape index (κ2) is 5.80. The molecule has 7 nitrogen and oxygen atoms in total. The molecule has 110 valence electrons. The Balaban J connectivity index is 2.25. The lowest BCUT2D eigenvalue weighted by Crippen LogP contribution is -2.15. The van der Waals surface area contributed by atoms with Gasteiger partial charge in [0.05, 0.1) is 12.7 Å². The highest BCUT2D eigenvalue weighted by atomic mass is 32.2. The van der Waals surface area contributed by atoms with E-state index in [-0.39, 0.29) is 10.7 Å². The van der Waals surface area contributed by atoms with Gasteiger partial charge in [-0.2, -0.15) is 0 Å². The van der Waals surface area contributed by atoms with Crippen molar-refractivity contribution in [1.29, 1.82) is 0 Å². The van der Waals surface area contributed by atoms with Crippen molar-refractivity contribution in [2.75, 3.05) is 17.6 Å². The fourth-order valence-corrected chi connectivity index (χ4v) is 2.77. The zero-order chi connectivity index (χ0) is 15.5. The number of pyridine rings is 1. The summed E-state index contributed by atoms with van der Waals surface area (Å²) in [5.74, 6) is -0.586. The molecule has 0 aliphatic rings. The van der Waals surface area contributed by atoms with E-state index in [1.807, 2.05) is 0 Å². The Morgan fingerprint density at radius 1 is 1.24 bits per heavy atom. The molecule has 1 aromatic heterocycles. The summed E-state index contributed by atoms with van der Waals surface area (Å²) in [5, 5.41) is 0. The number of hydrogen-bond acceptors (Lipinski definition) is 6. The Hall–Kier alpha value is -2.61. The molecular weight excluding hydrogens is 294 g/mol. The molecule has 0 spiro atoms. The zero-order valence-corrected chi connectivity index (χ0v) is 11.9. The van der Waals surface area contributed by atoms with Crippen LogP contribution in [0.5, 0.6) is 0 Å². The molecule has 0 aliphatic heterocycles. The van der Waals surface area contributed by atoms with Gasteiger partial charge in [0.15, 0.2) is 0 Å². The van der Waals surface area contributed by atoms with Crippen LogP contribution in [-0.4, -0.2) is 26.5 Å². The van der Waals surface area contributed by atoms with Crippen molar-refractivity contribution in [3.8, 4) is 0 Å². The van der Waals surface area contributed by atoms with Crippen LogP contribution in [0, 0.1) is 0 Å². The first-order valence-electron chi connectivity index (χ1n) is 5.86. The summed E-state index contributed by atoms with van der Waals surface area (Å²) < 4.78 is 31.3. The Morgan fingerprint density at radius 3 is 2.48 bits per heavy atom. The van der Waals surface area contributed by atoms with Crippen LogP contribution < -0.4 is 10.5 Å².